The van der Waals surface area contributed by atoms with E-state index in [1.807, 2.05) is 36.4 Å². The molecule has 0 unspecified atom stereocenters. The van der Waals surface area contributed by atoms with Crippen molar-refractivity contribution in [1.82, 2.24) is 19.1 Å². The molecule has 0 amide bonds. The van der Waals surface area contributed by atoms with Crippen molar-refractivity contribution in [3.63, 3.8) is 0 Å². The van der Waals surface area contributed by atoms with Crippen molar-refractivity contribution in [2.24, 2.45) is 0 Å². The summed E-state index contributed by atoms with van der Waals surface area (Å²) < 4.78 is 11.1. The number of para-hydroxylation sites is 4. The molecule has 5 nitrogen and oxygen atoms in total. The highest BCUT2D eigenvalue weighted by atomic mass is 16.3. The summed E-state index contributed by atoms with van der Waals surface area (Å²) >= 11 is 0. The van der Waals surface area contributed by atoms with Crippen LogP contribution in [-0.4, -0.2) is 19.1 Å². The average Bonchev–Trinajstić information content (AvgIpc) is 3.94. The Balaban J connectivity index is 1.03. The standard InChI is InChI=1S/C52H32N4O/c1-3-13-33(14-4-1)43-32-44(35-25-28-40-39-18-9-12-22-48(39)57-49(40)31-35)54-52(53-43)34-23-26-37(27-24-34)55-46-21-11-8-19-42(46)50-47(55)30-29-41-38-17-7-10-20-45(38)56(51(41)50)36-15-5-2-6-16-36/h1-32H. The predicted octanol–water partition coefficient (Wildman–Crippen LogP) is 13.6. The number of hydrogen-bond acceptors (Lipinski definition) is 3. The first-order valence-corrected chi connectivity index (χ1v) is 19.2. The second-order valence-electron chi connectivity index (χ2n) is 14.6. The van der Waals surface area contributed by atoms with Crippen LogP contribution in [0, 0.1) is 0 Å². The molecule has 12 aromatic rings. The number of rotatable bonds is 5. The van der Waals surface area contributed by atoms with Crippen LogP contribution in [0.3, 0.4) is 0 Å². The summed E-state index contributed by atoms with van der Waals surface area (Å²) in [6, 6.07) is 68.3. The third-order valence-electron chi connectivity index (χ3n) is 11.3. The summed E-state index contributed by atoms with van der Waals surface area (Å²) in [6.07, 6.45) is 0. The average molecular weight is 729 g/mol. The first-order valence-electron chi connectivity index (χ1n) is 19.2. The molecule has 0 aliphatic heterocycles. The maximum absolute atomic E-state index is 6.27. The minimum atomic E-state index is 0.666. The fraction of sp³-hybridized carbons (Fsp3) is 0. The summed E-state index contributed by atoms with van der Waals surface area (Å²) in [4.78, 5) is 10.3. The number of aromatic nitrogens is 4. The fourth-order valence-corrected chi connectivity index (χ4v) is 8.76. The zero-order chi connectivity index (χ0) is 37.5. The van der Waals surface area contributed by atoms with E-state index in [2.05, 4.69) is 167 Å². The summed E-state index contributed by atoms with van der Waals surface area (Å²) in [5.41, 5.74) is 13.3. The van der Waals surface area contributed by atoms with Gasteiger partial charge in [0.25, 0.3) is 0 Å². The Hall–Kier alpha value is -7.76. The number of nitrogens with zero attached hydrogens (tertiary/aromatic N) is 4. The summed E-state index contributed by atoms with van der Waals surface area (Å²) in [5, 5.41) is 7.14. The molecule has 4 aromatic heterocycles. The van der Waals surface area contributed by atoms with Crippen molar-refractivity contribution in [2.75, 3.05) is 0 Å². The van der Waals surface area contributed by atoms with Crippen molar-refractivity contribution < 1.29 is 4.42 Å². The van der Waals surface area contributed by atoms with Crippen LogP contribution in [0.2, 0.25) is 0 Å². The summed E-state index contributed by atoms with van der Waals surface area (Å²) in [6.45, 7) is 0. The molecule has 0 fully saturated rings. The molecule has 0 saturated heterocycles. The van der Waals surface area contributed by atoms with Gasteiger partial charge in [-0.2, -0.15) is 0 Å². The van der Waals surface area contributed by atoms with Crippen molar-refractivity contribution in [3.05, 3.63) is 194 Å². The van der Waals surface area contributed by atoms with Gasteiger partial charge < -0.3 is 13.6 Å². The van der Waals surface area contributed by atoms with Crippen LogP contribution in [0.15, 0.2) is 199 Å². The molecule has 0 saturated carbocycles. The normalized spacial score (nSPS) is 11.9. The Bertz CT molecular complexity index is 3500. The van der Waals surface area contributed by atoms with Gasteiger partial charge in [-0.15, -0.1) is 0 Å². The molecule has 0 radical (unpaired) electrons. The lowest BCUT2D eigenvalue weighted by molar-refractivity contribution is 0.669. The first kappa shape index (κ1) is 31.6. The van der Waals surface area contributed by atoms with Gasteiger partial charge in [-0.05, 0) is 78.9 Å². The van der Waals surface area contributed by atoms with Crippen LogP contribution in [0.5, 0.6) is 0 Å². The number of fused-ring (bicyclic) bond motifs is 10. The molecular formula is C52H32N4O. The Morgan fingerprint density at radius 1 is 0.351 bits per heavy atom. The van der Waals surface area contributed by atoms with Gasteiger partial charge in [0.1, 0.15) is 11.2 Å². The minimum Gasteiger partial charge on any atom is -0.456 e. The topological polar surface area (TPSA) is 48.8 Å². The van der Waals surface area contributed by atoms with Gasteiger partial charge in [-0.1, -0.05) is 115 Å². The van der Waals surface area contributed by atoms with Gasteiger partial charge in [-0.25, -0.2) is 9.97 Å². The van der Waals surface area contributed by atoms with Crippen molar-refractivity contribution in [3.8, 4) is 45.3 Å². The predicted molar refractivity (Wildman–Crippen MR) is 234 cm³/mol. The Morgan fingerprint density at radius 2 is 0.930 bits per heavy atom. The summed E-state index contributed by atoms with van der Waals surface area (Å²) in [7, 11) is 0. The van der Waals surface area contributed by atoms with E-state index in [9.17, 15) is 0 Å². The van der Waals surface area contributed by atoms with E-state index in [1.165, 1.54) is 32.6 Å². The van der Waals surface area contributed by atoms with Crippen LogP contribution in [-0.2, 0) is 0 Å². The Labute approximate surface area is 327 Å². The molecule has 4 heterocycles. The molecule has 0 spiro atoms. The smallest absolute Gasteiger partial charge is 0.160 e. The fourth-order valence-electron chi connectivity index (χ4n) is 8.76. The molecule has 0 N–H and O–H groups in total. The molecule has 0 aliphatic carbocycles. The number of hydrogen-bond donors (Lipinski definition) is 0. The van der Waals surface area contributed by atoms with Gasteiger partial charge in [0.15, 0.2) is 5.82 Å². The second kappa shape index (κ2) is 12.4. The zero-order valence-corrected chi connectivity index (χ0v) is 30.7. The molecule has 5 heteroatoms. The van der Waals surface area contributed by atoms with Crippen LogP contribution in [0.1, 0.15) is 0 Å². The summed E-state index contributed by atoms with van der Waals surface area (Å²) in [5.74, 6) is 0.666. The molecule has 8 aromatic carbocycles. The van der Waals surface area contributed by atoms with Crippen LogP contribution < -0.4 is 0 Å². The lowest BCUT2D eigenvalue weighted by Crippen LogP contribution is -1.97. The van der Waals surface area contributed by atoms with E-state index in [-0.39, 0.29) is 0 Å². The highest BCUT2D eigenvalue weighted by molar-refractivity contribution is 6.26. The third-order valence-corrected chi connectivity index (χ3v) is 11.3. The Morgan fingerprint density at radius 3 is 1.72 bits per heavy atom. The van der Waals surface area contributed by atoms with Gasteiger partial charge in [0.2, 0.25) is 0 Å². The van der Waals surface area contributed by atoms with Gasteiger partial charge in [-0.3, -0.25) is 0 Å². The lowest BCUT2D eigenvalue weighted by Gasteiger charge is -2.12. The molecule has 0 aliphatic rings. The van der Waals surface area contributed by atoms with E-state index in [1.54, 1.807) is 0 Å². The SMILES string of the molecule is c1ccc(-c2cc(-c3ccc4c(c3)oc3ccccc34)nc(-c3ccc(-n4c5ccccc5c5c4ccc4c6ccccc6n(-c6ccccc6)c45)cc3)n2)cc1. The molecular weight excluding hydrogens is 697 g/mol. The van der Waals surface area contributed by atoms with E-state index in [4.69, 9.17) is 14.4 Å². The largest absolute Gasteiger partial charge is 0.456 e. The molecule has 12 rings (SSSR count). The van der Waals surface area contributed by atoms with E-state index < -0.39 is 0 Å². The van der Waals surface area contributed by atoms with Crippen LogP contribution >= 0.6 is 0 Å². The quantitative estimate of drug-likeness (QED) is 0.177. The molecule has 266 valence electrons. The zero-order valence-electron chi connectivity index (χ0n) is 30.7. The Kier molecular flexibility index (Phi) is 6.86. The van der Waals surface area contributed by atoms with Crippen LogP contribution in [0.4, 0.5) is 0 Å². The van der Waals surface area contributed by atoms with Gasteiger partial charge in [0, 0.05) is 60.4 Å². The molecule has 0 atom stereocenters. The maximum atomic E-state index is 6.27. The third kappa shape index (κ3) is 4.89. The lowest BCUT2D eigenvalue weighted by atomic mass is 10.0. The molecule has 0 bridgehead atoms. The number of furan rings is 1. The maximum Gasteiger partial charge on any atom is 0.160 e. The van der Waals surface area contributed by atoms with Gasteiger partial charge in [0.05, 0.1) is 33.5 Å². The van der Waals surface area contributed by atoms with E-state index >= 15 is 0 Å². The van der Waals surface area contributed by atoms with Gasteiger partial charge >= 0.3 is 0 Å². The van der Waals surface area contributed by atoms with Crippen LogP contribution in [0.25, 0.3) is 111 Å². The highest BCUT2D eigenvalue weighted by Crippen LogP contribution is 2.42. The number of benzene rings is 8. The molecule has 57 heavy (non-hydrogen) atoms. The van der Waals surface area contributed by atoms with E-state index in [0.717, 1.165) is 72.4 Å². The monoisotopic (exact) mass is 728 g/mol. The first-order chi connectivity index (χ1) is 28.3. The minimum absolute atomic E-state index is 0.666. The van der Waals surface area contributed by atoms with E-state index in [0.29, 0.717) is 5.82 Å². The van der Waals surface area contributed by atoms with Crippen molar-refractivity contribution in [2.45, 2.75) is 0 Å². The second-order valence-corrected chi connectivity index (χ2v) is 14.6. The van der Waals surface area contributed by atoms with Crippen molar-refractivity contribution >= 4 is 65.6 Å². The highest BCUT2D eigenvalue weighted by Gasteiger charge is 2.21. The van der Waals surface area contributed by atoms with Crippen molar-refractivity contribution in [1.29, 1.82) is 0 Å².